The number of carbonyl (C=O) groups excluding carboxylic acids is 2. The van der Waals surface area contributed by atoms with E-state index < -0.39 is 8.80 Å². The Hall–Kier alpha value is -2.04. The molecule has 0 fully saturated rings. The molecular formula is C21H14BrO2Si. The van der Waals surface area contributed by atoms with Crippen LogP contribution in [0.2, 0.25) is 12.1 Å². The molecule has 3 aliphatic rings. The van der Waals surface area contributed by atoms with Crippen molar-refractivity contribution in [3.8, 4) is 0 Å². The highest BCUT2D eigenvalue weighted by molar-refractivity contribution is 9.10. The second kappa shape index (κ2) is 5.23. The molecule has 0 saturated heterocycles. The summed E-state index contributed by atoms with van der Waals surface area (Å²) >= 11 is 3.41. The van der Waals surface area contributed by atoms with E-state index in [9.17, 15) is 9.59 Å². The van der Waals surface area contributed by atoms with Gasteiger partial charge in [-0.25, -0.2) is 0 Å². The molecule has 0 saturated carbocycles. The third-order valence-electron chi connectivity index (χ3n) is 5.54. The van der Waals surface area contributed by atoms with Gasteiger partial charge in [-0.3, -0.25) is 9.59 Å². The van der Waals surface area contributed by atoms with Crippen molar-refractivity contribution in [1.29, 1.82) is 0 Å². The second-order valence-electron chi connectivity index (χ2n) is 6.81. The number of ketones is 2. The van der Waals surface area contributed by atoms with Gasteiger partial charge in [0.2, 0.25) is 0 Å². The number of rotatable bonds is 0. The minimum Gasteiger partial charge on any atom is -0.289 e. The minimum atomic E-state index is -0.762. The van der Waals surface area contributed by atoms with E-state index in [0.29, 0.717) is 27.8 Å². The van der Waals surface area contributed by atoms with Crippen LogP contribution in [0.5, 0.6) is 0 Å². The largest absolute Gasteiger partial charge is 0.289 e. The van der Waals surface area contributed by atoms with E-state index in [-0.39, 0.29) is 11.6 Å². The molecule has 2 aromatic rings. The minimum absolute atomic E-state index is 0.0366. The molecule has 0 aromatic heterocycles. The van der Waals surface area contributed by atoms with Gasteiger partial charge >= 0.3 is 0 Å². The van der Waals surface area contributed by atoms with Crippen molar-refractivity contribution in [2.24, 2.45) is 0 Å². The summed E-state index contributed by atoms with van der Waals surface area (Å²) in [6.07, 6.45) is 7.57. The normalized spacial score (nSPS) is 20.7. The van der Waals surface area contributed by atoms with Gasteiger partial charge in [0.05, 0.1) is 8.80 Å². The van der Waals surface area contributed by atoms with Gasteiger partial charge in [-0.05, 0) is 47.4 Å². The van der Waals surface area contributed by atoms with E-state index in [1.807, 2.05) is 18.2 Å². The number of halogens is 1. The monoisotopic (exact) mass is 405 g/mol. The van der Waals surface area contributed by atoms with Gasteiger partial charge in [0.15, 0.2) is 11.6 Å². The Morgan fingerprint density at radius 3 is 2.52 bits per heavy atom. The first-order valence-electron chi connectivity index (χ1n) is 8.34. The summed E-state index contributed by atoms with van der Waals surface area (Å²) in [5.74, 6) is -0.0781. The standard InChI is InChI=1S/C21H14BrO2Si/c1-25-18-5-3-2-4-12(18)14-9-16-17(10-19(14)25)21(24)15-8-11(22)6-7-13(15)20(16)23/h2-4,6-10,18H,5H2,1H3. The van der Waals surface area contributed by atoms with Crippen LogP contribution in [0.1, 0.15) is 43.8 Å². The van der Waals surface area contributed by atoms with Crippen molar-refractivity contribution in [3.05, 3.63) is 80.8 Å². The van der Waals surface area contributed by atoms with Crippen molar-refractivity contribution in [2.45, 2.75) is 18.5 Å². The highest BCUT2D eigenvalue weighted by Gasteiger charge is 2.38. The number of hydrogen-bond acceptors (Lipinski definition) is 2. The quantitative estimate of drug-likeness (QED) is 0.523. The van der Waals surface area contributed by atoms with E-state index >= 15 is 0 Å². The molecule has 0 N–H and O–H groups in total. The van der Waals surface area contributed by atoms with Crippen LogP contribution in [0.25, 0.3) is 5.57 Å². The maximum Gasteiger partial charge on any atom is 0.194 e. The van der Waals surface area contributed by atoms with Gasteiger partial charge in [0.1, 0.15) is 0 Å². The summed E-state index contributed by atoms with van der Waals surface area (Å²) in [7, 11) is -0.762. The molecule has 0 spiro atoms. The number of benzene rings is 2. The first kappa shape index (κ1) is 15.2. The zero-order valence-corrected chi connectivity index (χ0v) is 16.2. The SMILES string of the molecule is C[Si]1c2cc3c(cc2C2=CC=CCC21)C(=O)c1ccc(Br)cc1C3=O. The van der Waals surface area contributed by atoms with Gasteiger partial charge < -0.3 is 0 Å². The molecule has 121 valence electrons. The predicted octanol–water partition coefficient (Wildman–Crippen LogP) is 4.28. The summed E-state index contributed by atoms with van der Waals surface area (Å²) in [6.45, 7) is 2.32. The first-order chi connectivity index (χ1) is 12.1. The molecule has 2 aliphatic carbocycles. The molecular weight excluding hydrogens is 392 g/mol. The van der Waals surface area contributed by atoms with Crippen LogP contribution in [0.3, 0.4) is 0 Å². The van der Waals surface area contributed by atoms with Crippen LogP contribution in [0, 0.1) is 0 Å². The van der Waals surface area contributed by atoms with E-state index in [0.717, 1.165) is 10.9 Å². The average molecular weight is 406 g/mol. The lowest BCUT2D eigenvalue weighted by molar-refractivity contribution is 0.0979. The van der Waals surface area contributed by atoms with Crippen molar-refractivity contribution in [2.75, 3.05) is 0 Å². The number of fused-ring (bicyclic) bond motifs is 5. The molecule has 0 bridgehead atoms. The lowest BCUT2D eigenvalue weighted by Gasteiger charge is -2.19. The topological polar surface area (TPSA) is 34.1 Å². The molecule has 5 rings (SSSR count). The Kier molecular flexibility index (Phi) is 3.18. The second-order valence-corrected chi connectivity index (χ2v) is 10.3. The summed E-state index contributed by atoms with van der Waals surface area (Å²) in [5, 5.41) is 1.29. The number of allylic oxidation sites excluding steroid dienone is 4. The average Bonchev–Trinajstić information content (AvgIpc) is 2.91. The zero-order valence-electron chi connectivity index (χ0n) is 13.6. The summed E-state index contributed by atoms with van der Waals surface area (Å²) < 4.78 is 0.819. The highest BCUT2D eigenvalue weighted by atomic mass is 79.9. The van der Waals surface area contributed by atoms with Gasteiger partial charge in [0, 0.05) is 26.7 Å². The molecule has 25 heavy (non-hydrogen) atoms. The summed E-state index contributed by atoms with van der Waals surface area (Å²) in [5.41, 5.74) is 5.23. The molecule has 1 radical (unpaired) electrons. The smallest absolute Gasteiger partial charge is 0.194 e. The van der Waals surface area contributed by atoms with E-state index in [4.69, 9.17) is 0 Å². The number of hydrogen-bond donors (Lipinski definition) is 0. The molecule has 1 aliphatic heterocycles. The van der Waals surface area contributed by atoms with E-state index in [1.54, 1.807) is 12.1 Å². The Balaban J connectivity index is 1.76. The molecule has 1 atom stereocenters. The fraction of sp³-hybridized carbons (Fsp3) is 0.143. The molecule has 4 heteroatoms. The first-order valence-corrected chi connectivity index (χ1v) is 11.2. The van der Waals surface area contributed by atoms with Crippen molar-refractivity contribution in [3.63, 3.8) is 0 Å². The fourth-order valence-corrected chi connectivity index (χ4v) is 7.20. The zero-order chi connectivity index (χ0) is 17.3. The third kappa shape index (κ3) is 2.01. The van der Waals surface area contributed by atoms with Crippen LogP contribution < -0.4 is 5.19 Å². The lowest BCUT2D eigenvalue weighted by atomic mass is 9.82. The molecule has 1 heterocycles. The van der Waals surface area contributed by atoms with Crippen LogP contribution in [-0.2, 0) is 0 Å². The fourth-order valence-electron chi connectivity index (χ4n) is 4.24. The van der Waals surface area contributed by atoms with Gasteiger partial charge in [-0.15, -0.1) is 0 Å². The van der Waals surface area contributed by atoms with Crippen LogP contribution in [0.15, 0.2) is 53.0 Å². The van der Waals surface area contributed by atoms with Crippen molar-refractivity contribution < 1.29 is 9.59 Å². The summed E-state index contributed by atoms with van der Waals surface area (Å²) in [4.78, 5) is 26.1. The lowest BCUT2D eigenvalue weighted by Crippen LogP contribution is -2.30. The Morgan fingerprint density at radius 2 is 1.68 bits per heavy atom. The van der Waals surface area contributed by atoms with Gasteiger partial charge in [-0.2, -0.15) is 0 Å². The van der Waals surface area contributed by atoms with Crippen LogP contribution in [0.4, 0.5) is 0 Å². The molecule has 2 nitrogen and oxygen atoms in total. The van der Waals surface area contributed by atoms with Gasteiger partial charge in [0.25, 0.3) is 0 Å². The molecule has 0 amide bonds. The third-order valence-corrected chi connectivity index (χ3v) is 8.88. The highest BCUT2D eigenvalue weighted by Crippen LogP contribution is 2.43. The Labute approximate surface area is 156 Å². The van der Waals surface area contributed by atoms with E-state index in [2.05, 4.69) is 40.7 Å². The van der Waals surface area contributed by atoms with E-state index in [1.165, 1.54) is 16.3 Å². The Morgan fingerprint density at radius 1 is 0.960 bits per heavy atom. The van der Waals surface area contributed by atoms with Crippen molar-refractivity contribution >= 4 is 47.1 Å². The predicted molar refractivity (Wildman–Crippen MR) is 104 cm³/mol. The maximum absolute atomic E-state index is 13.0. The van der Waals surface area contributed by atoms with Gasteiger partial charge in [-0.1, -0.05) is 52.0 Å². The van der Waals surface area contributed by atoms with Crippen LogP contribution >= 0.6 is 15.9 Å². The van der Waals surface area contributed by atoms with Crippen molar-refractivity contribution in [1.82, 2.24) is 0 Å². The molecule has 1 unspecified atom stereocenters. The Bertz CT molecular complexity index is 1050. The number of carbonyl (C=O) groups is 2. The molecule has 2 aromatic carbocycles. The van der Waals surface area contributed by atoms with Crippen LogP contribution in [-0.4, -0.2) is 20.4 Å². The summed E-state index contributed by atoms with van der Waals surface area (Å²) in [6, 6.07) is 9.32. The maximum atomic E-state index is 13.0.